The lowest BCUT2D eigenvalue weighted by Gasteiger charge is -2.24. The van der Waals surface area contributed by atoms with Crippen LogP contribution in [0.3, 0.4) is 0 Å². The normalized spacial score (nSPS) is 21.3. The highest BCUT2D eigenvalue weighted by molar-refractivity contribution is 8.00. The molecule has 1 aromatic carbocycles. The van der Waals surface area contributed by atoms with Gasteiger partial charge in [0, 0.05) is 19.7 Å². The summed E-state index contributed by atoms with van der Waals surface area (Å²) in [4.78, 5) is 33.0. The topological polar surface area (TPSA) is 64.4 Å². The standard InChI is InChI=1S/C22H29N3O3S/c1-16(20(26)24-12-6-2-3-7-13-24)29-22-23-19-11-5-4-10-18(19)21(27)25(22)15-17-9-8-14-28-17/h4-5,10-11,16-17H,2-3,6-9,12-15H2,1H3/t16-,17+/m0/s1. The SMILES string of the molecule is C[C@H](Sc1nc2ccccc2c(=O)n1C[C@H]1CCCO1)C(=O)N1CCCCCC1. The molecule has 2 atom stereocenters. The summed E-state index contributed by atoms with van der Waals surface area (Å²) in [5, 5.41) is 0.943. The number of nitrogens with zero attached hydrogens (tertiary/aromatic N) is 3. The van der Waals surface area contributed by atoms with Gasteiger partial charge < -0.3 is 9.64 Å². The van der Waals surface area contributed by atoms with Crippen LogP contribution in [0.4, 0.5) is 0 Å². The Morgan fingerprint density at radius 1 is 1.21 bits per heavy atom. The molecule has 0 spiro atoms. The molecule has 3 heterocycles. The number of hydrogen-bond acceptors (Lipinski definition) is 5. The van der Waals surface area contributed by atoms with E-state index in [1.54, 1.807) is 4.57 Å². The summed E-state index contributed by atoms with van der Waals surface area (Å²) in [6.45, 7) is 4.82. The van der Waals surface area contributed by atoms with Gasteiger partial charge in [0.2, 0.25) is 5.91 Å². The summed E-state index contributed by atoms with van der Waals surface area (Å²) in [6, 6.07) is 7.43. The van der Waals surface area contributed by atoms with Gasteiger partial charge in [0.1, 0.15) is 0 Å². The molecule has 0 saturated carbocycles. The first-order valence-electron chi connectivity index (χ1n) is 10.7. The molecule has 0 radical (unpaired) electrons. The fourth-order valence-corrected chi connectivity index (χ4v) is 5.15. The minimum atomic E-state index is -0.281. The van der Waals surface area contributed by atoms with Crippen molar-refractivity contribution in [3.8, 4) is 0 Å². The van der Waals surface area contributed by atoms with Gasteiger partial charge in [0.25, 0.3) is 5.56 Å². The molecule has 2 saturated heterocycles. The van der Waals surface area contributed by atoms with E-state index in [1.807, 2.05) is 36.1 Å². The average Bonchev–Trinajstić information content (AvgIpc) is 3.09. The second kappa shape index (κ2) is 9.30. The van der Waals surface area contributed by atoms with E-state index in [1.165, 1.54) is 24.6 Å². The third kappa shape index (κ3) is 4.67. The van der Waals surface area contributed by atoms with Gasteiger partial charge in [-0.15, -0.1) is 0 Å². The predicted octanol–water partition coefficient (Wildman–Crippen LogP) is 3.46. The maximum atomic E-state index is 13.2. The van der Waals surface area contributed by atoms with Crippen LogP contribution in [0.5, 0.6) is 0 Å². The molecular formula is C22H29N3O3S. The van der Waals surface area contributed by atoms with Crippen LogP contribution in [-0.2, 0) is 16.1 Å². The van der Waals surface area contributed by atoms with Crippen molar-refractivity contribution in [2.75, 3.05) is 19.7 Å². The van der Waals surface area contributed by atoms with E-state index in [4.69, 9.17) is 9.72 Å². The molecule has 2 aliphatic rings. The van der Waals surface area contributed by atoms with Gasteiger partial charge in [-0.2, -0.15) is 0 Å². The first-order valence-corrected chi connectivity index (χ1v) is 11.6. The number of carbonyl (C=O) groups is 1. The van der Waals surface area contributed by atoms with Gasteiger partial charge in [0.05, 0.1) is 28.8 Å². The number of ether oxygens (including phenoxy) is 1. The van der Waals surface area contributed by atoms with Crippen LogP contribution < -0.4 is 5.56 Å². The molecule has 0 N–H and O–H groups in total. The number of benzene rings is 1. The second-order valence-corrected chi connectivity index (χ2v) is 9.27. The lowest BCUT2D eigenvalue weighted by atomic mass is 10.2. The summed E-state index contributed by atoms with van der Waals surface area (Å²) in [5.74, 6) is 0.142. The summed E-state index contributed by atoms with van der Waals surface area (Å²) in [7, 11) is 0. The maximum Gasteiger partial charge on any atom is 0.262 e. The number of likely N-dealkylation sites (tertiary alicyclic amines) is 1. The number of thioether (sulfide) groups is 1. The summed E-state index contributed by atoms with van der Waals surface area (Å²) in [6.07, 6.45) is 6.53. The predicted molar refractivity (Wildman–Crippen MR) is 115 cm³/mol. The number of carbonyl (C=O) groups excluding carboxylic acids is 1. The highest BCUT2D eigenvalue weighted by atomic mass is 32.2. The minimum absolute atomic E-state index is 0.0339. The van der Waals surface area contributed by atoms with Gasteiger partial charge >= 0.3 is 0 Å². The number of fused-ring (bicyclic) bond motifs is 1. The minimum Gasteiger partial charge on any atom is -0.376 e. The first kappa shape index (κ1) is 20.4. The van der Waals surface area contributed by atoms with Crippen molar-refractivity contribution >= 4 is 28.6 Å². The molecule has 0 unspecified atom stereocenters. The second-order valence-electron chi connectivity index (χ2n) is 7.96. The fraction of sp³-hybridized carbons (Fsp3) is 0.591. The Labute approximate surface area is 175 Å². The number of amides is 1. The van der Waals surface area contributed by atoms with Crippen molar-refractivity contribution in [2.45, 2.75) is 68.5 Å². The maximum absolute atomic E-state index is 13.2. The molecular weight excluding hydrogens is 386 g/mol. The molecule has 1 aromatic heterocycles. The monoisotopic (exact) mass is 415 g/mol. The van der Waals surface area contributed by atoms with Crippen LogP contribution >= 0.6 is 11.8 Å². The Bertz CT molecular complexity index is 915. The molecule has 1 amide bonds. The van der Waals surface area contributed by atoms with E-state index in [0.29, 0.717) is 22.6 Å². The smallest absolute Gasteiger partial charge is 0.262 e. The average molecular weight is 416 g/mol. The van der Waals surface area contributed by atoms with Gasteiger partial charge in [-0.25, -0.2) is 4.98 Å². The Kier molecular flexibility index (Phi) is 6.55. The Hall–Kier alpha value is -1.86. The third-order valence-corrected chi connectivity index (χ3v) is 6.86. The zero-order valence-corrected chi connectivity index (χ0v) is 17.8. The number of hydrogen-bond donors (Lipinski definition) is 0. The Morgan fingerprint density at radius 3 is 2.69 bits per heavy atom. The van der Waals surface area contributed by atoms with Crippen LogP contribution in [0.15, 0.2) is 34.2 Å². The van der Waals surface area contributed by atoms with Crippen molar-refractivity contribution in [2.24, 2.45) is 0 Å². The van der Waals surface area contributed by atoms with Crippen LogP contribution in [0.2, 0.25) is 0 Å². The van der Waals surface area contributed by atoms with E-state index in [2.05, 4.69) is 0 Å². The van der Waals surface area contributed by atoms with E-state index in [-0.39, 0.29) is 22.8 Å². The van der Waals surface area contributed by atoms with Crippen molar-refractivity contribution in [1.29, 1.82) is 0 Å². The molecule has 4 rings (SSSR count). The highest BCUT2D eigenvalue weighted by Crippen LogP contribution is 2.26. The first-order chi connectivity index (χ1) is 14.1. The van der Waals surface area contributed by atoms with E-state index >= 15 is 0 Å². The molecule has 2 fully saturated rings. The molecule has 0 aliphatic carbocycles. The van der Waals surface area contributed by atoms with Gasteiger partial charge in [-0.1, -0.05) is 36.7 Å². The quantitative estimate of drug-likeness (QED) is 0.553. The Morgan fingerprint density at radius 2 is 1.97 bits per heavy atom. The van der Waals surface area contributed by atoms with E-state index in [0.717, 1.165) is 45.4 Å². The number of rotatable bonds is 5. The van der Waals surface area contributed by atoms with Crippen molar-refractivity contribution < 1.29 is 9.53 Å². The van der Waals surface area contributed by atoms with E-state index in [9.17, 15) is 9.59 Å². The van der Waals surface area contributed by atoms with Crippen LogP contribution in [-0.4, -0.2) is 51.4 Å². The van der Waals surface area contributed by atoms with Crippen molar-refractivity contribution in [1.82, 2.24) is 14.5 Å². The van der Waals surface area contributed by atoms with Gasteiger partial charge in [-0.05, 0) is 44.7 Å². The zero-order valence-electron chi connectivity index (χ0n) is 17.0. The van der Waals surface area contributed by atoms with Crippen molar-refractivity contribution in [3.05, 3.63) is 34.6 Å². The number of para-hydroxylation sites is 1. The molecule has 6 nitrogen and oxygen atoms in total. The highest BCUT2D eigenvalue weighted by Gasteiger charge is 2.26. The third-order valence-electron chi connectivity index (χ3n) is 5.78. The van der Waals surface area contributed by atoms with Crippen LogP contribution in [0.1, 0.15) is 45.4 Å². The van der Waals surface area contributed by atoms with Gasteiger partial charge in [0.15, 0.2) is 5.16 Å². The molecule has 2 aromatic rings. The molecule has 156 valence electrons. The Balaban J connectivity index is 1.62. The molecule has 2 aliphatic heterocycles. The lowest BCUT2D eigenvalue weighted by Crippen LogP contribution is -2.37. The number of aromatic nitrogens is 2. The van der Waals surface area contributed by atoms with Crippen molar-refractivity contribution in [3.63, 3.8) is 0 Å². The largest absolute Gasteiger partial charge is 0.376 e. The lowest BCUT2D eigenvalue weighted by molar-refractivity contribution is -0.130. The molecule has 0 bridgehead atoms. The summed E-state index contributed by atoms with van der Waals surface area (Å²) >= 11 is 1.40. The van der Waals surface area contributed by atoms with Crippen LogP contribution in [0.25, 0.3) is 10.9 Å². The summed E-state index contributed by atoms with van der Waals surface area (Å²) < 4.78 is 7.49. The summed E-state index contributed by atoms with van der Waals surface area (Å²) in [5.41, 5.74) is 0.626. The molecule has 29 heavy (non-hydrogen) atoms. The molecule has 7 heteroatoms. The van der Waals surface area contributed by atoms with Gasteiger partial charge in [-0.3, -0.25) is 14.2 Å². The van der Waals surface area contributed by atoms with Crippen LogP contribution in [0, 0.1) is 0 Å². The van der Waals surface area contributed by atoms with E-state index < -0.39 is 0 Å². The zero-order chi connectivity index (χ0) is 20.2. The fourth-order valence-electron chi connectivity index (χ4n) is 4.15.